The lowest BCUT2D eigenvalue weighted by atomic mass is 9.88. The monoisotopic (exact) mass is 474 g/mol. The van der Waals surface area contributed by atoms with E-state index in [0.29, 0.717) is 25.0 Å². The number of carbonyl (C=O) groups excluding carboxylic acids is 1. The number of nitrogens with one attached hydrogen (secondary N) is 1. The first-order chi connectivity index (χ1) is 16.8. The Labute approximate surface area is 206 Å². The van der Waals surface area contributed by atoms with Gasteiger partial charge in [0.15, 0.2) is 0 Å². The van der Waals surface area contributed by atoms with Crippen molar-refractivity contribution in [3.63, 3.8) is 0 Å². The van der Waals surface area contributed by atoms with Crippen LogP contribution < -0.4 is 10.1 Å². The number of likely N-dealkylation sites (tertiary alicyclic amines) is 1. The van der Waals surface area contributed by atoms with E-state index in [2.05, 4.69) is 28.5 Å². The topological polar surface area (TPSA) is 76.6 Å². The molecule has 2 fully saturated rings. The molecule has 1 aliphatic carbocycles. The summed E-state index contributed by atoms with van der Waals surface area (Å²) in [5.41, 5.74) is 1.67. The minimum Gasteiger partial charge on any atom is -0.474 e. The number of pyridine rings is 2. The van der Waals surface area contributed by atoms with E-state index < -0.39 is 5.60 Å². The highest BCUT2D eigenvalue weighted by atomic mass is 16.6. The first-order valence-corrected chi connectivity index (χ1v) is 12.6. The molecule has 184 valence electrons. The number of fused-ring (bicyclic) bond motifs is 1. The van der Waals surface area contributed by atoms with Crippen molar-refractivity contribution in [2.24, 2.45) is 0 Å². The lowest BCUT2D eigenvalue weighted by Gasteiger charge is -2.37. The van der Waals surface area contributed by atoms with Crippen LogP contribution in [0.2, 0.25) is 0 Å². The smallest absolute Gasteiger partial charge is 0.410 e. The summed E-state index contributed by atoms with van der Waals surface area (Å²) < 4.78 is 11.9. The number of aromatic nitrogens is 2. The third-order valence-corrected chi connectivity index (χ3v) is 6.71. The number of benzene rings is 1. The number of amides is 1. The minimum atomic E-state index is -0.474. The van der Waals surface area contributed by atoms with Crippen molar-refractivity contribution in [1.29, 1.82) is 0 Å². The number of carbonyl (C=O) groups is 1. The summed E-state index contributed by atoms with van der Waals surface area (Å²) >= 11 is 0. The number of hydrogen-bond donors (Lipinski definition) is 1. The molecule has 0 atom stereocenters. The molecular weight excluding hydrogens is 440 g/mol. The first kappa shape index (κ1) is 23.4. The lowest BCUT2D eigenvalue weighted by molar-refractivity contribution is 0.0203. The van der Waals surface area contributed by atoms with E-state index in [-0.39, 0.29) is 12.2 Å². The molecule has 5 rings (SSSR count). The molecule has 1 saturated heterocycles. The SMILES string of the molecule is CC(C)(C)OC(=O)N1CCC(c2cccnc2O[C@H]2C[C@H](Nc3ccc4ccccc4n3)C2)CC1. The molecule has 1 aromatic carbocycles. The third-order valence-electron chi connectivity index (χ3n) is 6.71. The Balaban J connectivity index is 1.14. The van der Waals surface area contributed by atoms with Gasteiger partial charge in [-0.3, -0.25) is 0 Å². The van der Waals surface area contributed by atoms with Crippen molar-refractivity contribution in [2.75, 3.05) is 18.4 Å². The second kappa shape index (κ2) is 9.72. The number of anilines is 1. The summed E-state index contributed by atoms with van der Waals surface area (Å²) in [7, 11) is 0. The molecule has 3 heterocycles. The molecule has 1 aliphatic heterocycles. The molecule has 3 aromatic rings. The van der Waals surface area contributed by atoms with Crippen molar-refractivity contribution < 1.29 is 14.3 Å². The standard InChI is InChI=1S/C28H34N4O3/c1-28(2,3)35-27(33)32-15-12-19(13-16-32)23-8-6-14-29-26(23)34-22-17-21(18-22)30-25-11-10-20-7-4-5-9-24(20)31-25/h4-11,14,19,21-22H,12-13,15-18H2,1-3H3,(H,30,31)/t21-,22-. The fourth-order valence-electron chi connectivity index (χ4n) is 4.81. The highest BCUT2D eigenvalue weighted by molar-refractivity contribution is 5.80. The fraction of sp³-hybridized carbons (Fsp3) is 0.464. The van der Waals surface area contributed by atoms with Crippen molar-refractivity contribution >= 4 is 22.8 Å². The number of hydrogen-bond acceptors (Lipinski definition) is 6. The van der Waals surface area contributed by atoms with Gasteiger partial charge in [-0.05, 0) is 63.8 Å². The average molecular weight is 475 g/mol. The molecule has 35 heavy (non-hydrogen) atoms. The number of rotatable bonds is 5. The zero-order chi connectivity index (χ0) is 24.4. The Morgan fingerprint density at radius 3 is 2.57 bits per heavy atom. The van der Waals surface area contributed by atoms with E-state index in [1.54, 1.807) is 6.20 Å². The maximum atomic E-state index is 12.4. The second-order valence-corrected chi connectivity index (χ2v) is 10.6. The Bertz CT molecular complexity index is 1180. The van der Waals surface area contributed by atoms with Crippen LogP contribution in [0.4, 0.5) is 10.6 Å². The summed E-state index contributed by atoms with van der Waals surface area (Å²) in [6.45, 7) is 7.06. The molecule has 7 nitrogen and oxygen atoms in total. The van der Waals surface area contributed by atoms with Crippen molar-refractivity contribution in [3.8, 4) is 5.88 Å². The maximum Gasteiger partial charge on any atom is 0.410 e. The van der Waals surface area contributed by atoms with Crippen LogP contribution in [0.1, 0.15) is 57.9 Å². The van der Waals surface area contributed by atoms with Crippen LogP contribution in [0.25, 0.3) is 10.9 Å². The quantitative estimate of drug-likeness (QED) is 0.506. The Morgan fingerprint density at radius 2 is 1.80 bits per heavy atom. The van der Waals surface area contributed by atoms with Gasteiger partial charge in [-0.25, -0.2) is 14.8 Å². The molecular formula is C28H34N4O3. The van der Waals surface area contributed by atoms with Gasteiger partial charge in [0.05, 0.1) is 5.52 Å². The first-order valence-electron chi connectivity index (χ1n) is 12.6. The molecule has 7 heteroatoms. The molecule has 2 aromatic heterocycles. The normalized spacial score (nSPS) is 20.8. The van der Waals surface area contributed by atoms with Crippen LogP contribution >= 0.6 is 0 Å². The van der Waals surface area contributed by atoms with Gasteiger partial charge >= 0.3 is 6.09 Å². The fourth-order valence-corrected chi connectivity index (χ4v) is 4.81. The highest BCUT2D eigenvalue weighted by Gasteiger charge is 2.33. The molecule has 0 radical (unpaired) electrons. The van der Waals surface area contributed by atoms with E-state index in [1.165, 1.54) is 0 Å². The summed E-state index contributed by atoms with van der Waals surface area (Å²) in [6, 6.07) is 16.7. The maximum absolute atomic E-state index is 12.4. The zero-order valence-electron chi connectivity index (χ0n) is 20.7. The van der Waals surface area contributed by atoms with Crippen LogP contribution in [0, 0.1) is 0 Å². The summed E-state index contributed by atoms with van der Waals surface area (Å²) in [6.07, 6.45) is 5.30. The molecule has 0 unspecified atom stereocenters. The summed E-state index contributed by atoms with van der Waals surface area (Å²) in [5.74, 6) is 1.96. The van der Waals surface area contributed by atoms with Crippen LogP contribution in [-0.2, 0) is 4.74 Å². The molecule has 0 bridgehead atoms. The molecule has 2 aliphatic rings. The zero-order valence-corrected chi connectivity index (χ0v) is 20.7. The predicted octanol–water partition coefficient (Wildman–Crippen LogP) is 5.77. The number of ether oxygens (including phenoxy) is 2. The highest BCUT2D eigenvalue weighted by Crippen LogP contribution is 2.36. The van der Waals surface area contributed by atoms with Gasteiger partial charge < -0.3 is 19.7 Å². The van der Waals surface area contributed by atoms with Gasteiger partial charge in [0.25, 0.3) is 0 Å². The van der Waals surface area contributed by atoms with Gasteiger partial charge in [-0.15, -0.1) is 0 Å². The van der Waals surface area contributed by atoms with Crippen LogP contribution in [-0.4, -0.2) is 51.8 Å². The van der Waals surface area contributed by atoms with E-state index in [9.17, 15) is 4.79 Å². The van der Waals surface area contributed by atoms with Crippen LogP contribution in [0.3, 0.4) is 0 Å². The van der Waals surface area contributed by atoms with Crippen LogP contribution in [0.15, 0.2) is 54.7 Å². The Kier molecular flexibility index (Phi) is 6.50. The van der Waals surface area contributed by atoms with Gasteiger partial charge in [0.1, 0.15) is 17.5 Å². The number of piperidine rings is 1. The van der Waals surface area contributed by atoms with Crippen molar-refractivity contribution in [1.82, 2.24) is 14.9 Å². The predicted molar refractivity (Wildman–Crippen MR) is 137 cm³/mol. The average Bonchev–Trinajstić information content (AvgIpc) is 2.82. The largest absolute Gasteiger partial charge is 0.474 e. The van der Waals surface area contributed by atoms with Gasteiger partial charge in [0, 0.05) is 49.1 Å². The number of nitrogens with zero attached hydrogens (tertiary/aromatic N) is 3. The van der Waals surface area contributed by atoms with Crippen molar-refractivity contribution in [2.45, 2.75) is 70.1 Å². The second-order valence-electron chi connectivity index (χ2n) is 10.6. The van der Waals surface area contributed by atoms with Crippen molar-refractivity contribution in [3.05, 3.63) is 60.3 Å². The summed E-state index contributed by atoms with van der Waals surface area (Å²) in [5, 5.41) is 4.68. The Hall–Kier alpha value is -3.35. The van der Waals surface area contributed by atoms with E-state index >= 15 is 0 Å². The van der Waals surface area contributed by atoms with Gasteiger partial charge in [0.2, 0.25) is 5.88 Å². The van der Waals surface area contributed by atoms with E-state index in [1.807, 2.05) is 56.0 Å². The van der Waals surface area contributed by atoms with E-state index in [4.69, 9.17) is 14.5 Å². The molecule has 1 amide bonds. The minimum absolute atomic E-state index is 0.142. The third kappa shape index (κ3) is 5.66. The molecule has 0 spiro atoms. The van der Waals surface area contributed by atoms with E-state index in [0.717, 1.165) is 53.8 Å². The molecule has 1 N–H and O–H groups in total. The summed E-state index contributed by atoms with van der Waals surface area (Å²) in [4.78, 5) is 23.5. The van der Waals surface area contributed by atoms with Gasteiger partial charge in [-0.1, -0.05) is 24.3 Å². The number of para-hydroxylation sites is 1. The lowest BCUT2D eigenvalue weighted by Crippen LogP contribution is -2.43. The Morgan fingerprint density at radius 1 is 1.03 bits per heavy atom. The van der Waals surface area contributed by atoms with Gasteiger partial charge in [-0.2, -0.15) is 0 Å². The van der Waals surface area contributed by atoms with Crippen LogP contribution in [0.5, 0.6) is 5.88 Å². The molecule has 1 saturated carbocycles.